The largest absolute Gasteiger partial charge is 0.456 e. The lowest BCUT2D eigenvalue weighted by atomic mass is 10.1. The van der Waals surface area contributed by atoms with Crippen LogP contribution in [0.4, 0.5) is 5.69 Å². The fraction of sp³-hybridized carbons (Fsp3) is 0.294. The Morgan fingerprint density at radius 3 is 2.44 bits per heavy atom. The van der Waals surface area contributed by atoms with Gasteiger partial charge in [0, 0.05) is 23.2 Å². The van der Waals surface area contributed by atoms with Crippen LogP contribution in [0, 0.1) is 13.8 Å². The number of hydrogen-bond donors (Lipinski definition) is 2. The molecule has 8 heteroatoms. The summed E-state index contributed by atoms with van der Waals surface area (Å²) in [6.07, 6.45) is 0.569. The number of aromatic nitrogens is 1. The summed E-state index contributed by atoms with van der Waals surface area (Å²) in [5, 5.41) is 6.37. The second-order valence-electron chi connectivity index (χ2n) is 5.45. The van der Waals surface area contributed by atoms with Crippen LogP contribution in [0.1, 0.15) is 33.8 Å². The number of amides is 2. The first-order chi connectivity index (χ1) is 11.9. The maximum atomic E-state index is 11.8. The van der Waals surface area contributed by atoms with Crippen molar-refractivity contribution < 1.29 is 23.6 Å². The van der Waals surface area contributed by atoms with Crippen molar-refractivity contribution >= 4 is 23.5 Å². The average Bonchev–Trinajstić information content (AvgIpc) is 2.90. The van der Waals surface area contributed by atoms with E-state index in [9.17, 15) is 14.4 Å². The van der Waals surface area contributed by atoms with Crippen molar-refractivity contribution in [2.45, 2.75) is 26.7 Å². The van der Waals surface area contributed by atoms with Gasteiger partial charge in [-0.2, -0.15) is 0 Å². The van der Waals surface area contributed by atoms with Gasteiger partial charge in [-0.25, -0.2) is 0 Å². The third-order valence-electron chi connectivity index (χ3n) is 3.58. The molecule has 2 rings (SSSR count). The number of nitrogens with two attached hydrogens (primary N) is 1. The summed E-state index contributed by atoms with van der Waals surface area (Å²) in [6, 6.07) is 6.07. The van der Waals surface area contributed by atoms with E-state index in [-0.39, 0.29) is 6.42 Å². The highest BCUT2D eigenvalue weighted by atomic mass is 16.5. The molecular formula is C17H19N3O5. The first-order valence-electron chi connectivity index (χ1n) is 7.64. The minimum Gasteiger partial charge on any atom is -0.456 e. The van der Waals surface area contributed by atoms with Crippen LogP contribution in [-0.4, -0.2) is 29.5 Å². The second-order valence-corrected chi connectivity index (χ2v) is 5.45. The molecule has 25 heavy (non-hydrogen) atoms. The summed E-state index contributed by atoms with van der Waals surface area (Å²) in [5.41, 5.74) is 7.55. The Morgan fingerprint density at radius 2 is 1.88 bits per heavy atom. The summed E-state index contributed by atoms with van der Waals surface area (Å²) in [6.45, 7) is 3.18. The van der Waals surface area contributed by atoms with E-state index in [1.165, 1.54) is 24.3 Å². The number of anilines is 1. The van der Waals surface area contributed by atoms with Gasteiger partial charge >= 0.3 is 5.97 Å². The number of ether oxygens (including phenoxy) is 1. The lowest BCUT2D eigenvalue weighted by molar-refractivity contribution is -0.147. The van der Waals surface area contributed by atoms with Gasteiger partial charge in [-0.1, -0.05) is 5.16 Å². The van der Waals surface area contributed by atoms with E-state index < -0.39 is 24.4 Å². The molecule has 1 heterocycles. The number of rotatable bonds is 7. The maximum absolute atomic E-state index is 11.8. The molecule has 1 aromatic heterocycles. The van der Waals surface area contributed by atoms with Crippen molar-refractivity contribution in [2.24, 2.45) is 5.73 Å². The van der Waals surface area contributed by atoms with Gasteiger partial charge in [0.15, 0.2) is 6.61 Å². The molecule has 2 amide bonds. The molecule has 3 N–H and O–H groups in total. The Morgan fingerprint density at radius 1 is 1.20 bits per heavy atom. The zero-order valence-corrected chi connectivity index (χ0v) is 14.0. The Hall–Kier alpha value is -3.16. The summed E-state index contributed by atoms with van der Waals surface area (Å²) >= 11 is 0. The number of benzene rings is 1. The Labute approximate surface area is 144 Å². The van der Waals surface area contributed by atoms with Crippen LogP contribution < -0.4 is 11.1 Å². The smallest absolute Gasteiger partial charge is 0.306 e. The molecule has 0 spiro atoms. The van der Waals surface area contributed by atoms with Gasteiger partial charge in [0.1, 0.15) is 5.76 Å². The van der Waals surface area contributed by atoms with E-state index in [0.717, 1.165) is 11.3 Å². The normalized spacial score (nSPS) is 10.3. The quantitative estimate of drug-likeness (QED) is 0.733. The van der Waals surface area contributed by atoms with Crippen molar-refractivity contribution in [2.75, 3.05) is 11.9 Å². The standard InChI is InChI=1S/C17H19N3O5/c1-10-14(11(2)25-20-10)7-8-16(22)24-9-15(21)19-13-5-3-12(4-6-13)17(18)23/h3-6H,7-9H2,1-2H3,(H2,18,23)(H,19,21). The van der Waals surface area contributed by atoms with Crippen LogP contribution in [0.3, 0.4) is 0 Å². The molecule has 8 nitrogen and oxygen atoms in total. The van der Waals surface area contributed by atoms with Crippen LogP contribution >= 0.6 is 0 Å². The van der Waals surface area contributed by atoms with E-state index >= 15 is 0 Å². The monoisotopic (exact) mass is 345 g/mol. The number of nitrogens with zero attached hydrogens (tertiary/aromatic N) is 1. The van der Waals surface area contributed by atoms with Crippen molar-refractivity contribution in [1.29, 1.82) is 0 Å². The van der Waals surface area contributed by atoms with Gasteiger partial charge in [-0.05, 0) is 44.5 Å². The fourth-order valence-electron chi connectivity index (χ4n) is 2.22. The molecule has 0 unspecified atom stereocenters. The Kier molecular flexibility index (Phi) is 5.89. The zero-order chi connectivity index (χ0) is 18.4. The topological polar surface area (TPSA) is 125 Å². The van der Waals surface area contributed by atoms with Crippen molar-refractivity contribution in [1.82, 2.24) is 5.16 Å². The number of hydrogen-bond acceptors (Lipinski definition) is 6. The van der Waals surface area contributed by atoms with Crippen LogP contribution in [-0.2, 0) is 20.7 Å². The number of primary amides is 1. The van der Waals surface area contributed by atoms with Gasteiger partial charge in [-0.15, -0.1) is 0 Å². The van der Waals surface area contributed by atoms with Crippen molar-refractivity contribution in [3.8, 4) is 0 Å². The van der Waals surface area contributed by atoms with E-state index in [4.69, 9.17) is 15.0 Å². The molecule has 0 saturated heterocycles. The first kappa shape index (κ1) is 18.2. The number of carbonyl (C=O) groups is 3. The zero-order valence-electron chi connectivity index (χ0n) is 14.0. The summed E-state index contributed by atoms with van der Waals surface area (Å²) in [4.78, 5) is 34.5. The van der Waals surface area contributed by atoms with E-state index in [1.807, 2.05) is 0 Å². The van der Waals surface area contributed by atoms with Gasteiger partial charge in [0.05, 0.1) is 5.69 Å². The fourth-order valence-corrected chi connectivity index (χ4v) is 2.22. The molecule has 1 aromatic carbocycles. The number of aryl methyl sites for hydroxylation is 2. The molecule has 0 saturated carbocycles. The number of carbonyl (C=O) groups excluding carboxylic acids is 3. The maximum Gasteiger partial charge on any atom is 0.306 e. The third kappa shape index (κ3) is 5.17. The van der Waals surface area contributed by atoms with Crippen molar-refractivity contribution in [3.63, 3.8) is 0 Å². The third-order valence-corrected chi connectivity index (χ3v) is 3.58. The predicted octanol–water partition coefficient (Wildman–Crippen LogP) is 1.50. The van der Waals surface area contributed by atoms with Gasteiger partial charge in [0.25, 0.3) is 5.91 Å². The minimum absolute atomic E-state index is 0.128. The molecule has 132 valence electrons. The molecule has 2 aromatic rings. The number of nitrogens with one attached hydrogen (secondary N) is 1. The van der Waals surface area contributed by atoms with Gasteiger partial charge < -0.3 is 20.3 Å². The molecule has 0 radical (unpaired) electrons. The summed E-state index contributed by atoms with van der Waals surface area (Å²) in [7, 11) is 0. The highest BCUT2D eigenvalue weighted by Gasteiger charge is 2.13. The Balaban J connectivity index is 1.75. The molecule has 0 fully saturated rings. The lowest BCUT2D eigenvalue weighted by Gasteiger charge is -2.07. The van der Waals surface area contributed by atoms with Crippen LogP contribution in [0.25, 0.3) is 0 Å². The van der Waals surface area contributed by atoms with E-state index in [1.54, 1.807) is 13.8 Å². The lowest BCUT2D eigenvalue weighted by Crippen LogP contribution is -2.21. The highest BCUT2D eigenvalue weighted by molar-refractivity contribution is 5.95. The summed E-state index contributed by atoms with van der Waals surface area (Å²) < 4.78 is 9.96. The molecule has 0 atom stereocenters. The van der Waals surface area contributed by atoms with Crippen molar-refractivity contribution in [3.05, 3.63) is 46.8 Å². The van der Waals surface area contributed by atoms with E-state index in [2.05, 4.69) is 10.5 Å². The highest BCUT2D eigenvalue weighted by Crippen LogP contribution is 2.14. The SMILES string of the molecule is Cc1noc(C)c1CCC(=O)OCC(=O)Nc1ccc(C(N)=O)cc1. The van der Waals surface area contributed by atoms with Crippen LogP contribution in [0.2, 0.25) is 0 Å². The second kappa shape index (κ2) is 8.09. The van der Waals surface area contributed by atoms with Crippen LogP contribution in [0.15, 0.2) is 28.8 Å². The number of esters is 1. The predicted molar refractivity (Wildman–Crippen MR) is 88.8 cm³/mol. The molecule has 0 bridgehead atoms. The van der Waals surface area contributed by atoms with Crippen LogP contribution in [0.5, 0.6) is 0 Å². The molecular weight excluding hydrogens is 326 g/mol. The molecule has 0 aliphatic rings. The first-order valence-corrected chi connectivity index (χ1v) is 7.64. The minimum atomic E-state index is -0.551. The molecule has 0 aliphatic carbocycles. The average molecular weight is 345 g/mol. The molecule has 0 aliphatic heterocycles. The van der Waals surface area contributed by atoms with Gasteiger partial charge in [0.2, 0.25) is 5.91 Å². The van der Waals surface area contributed by atoms with E-state index in [0.29, 0.717) is 23.4 Å². The Bertz CT molecular complexity index is 761. The summed E-state index contributed by atoms with van der Waals surface area (Å²) in [5.74, 6) is -0.843. The van der Waals surface area contributed by atoms with Gasteiger partial charge in [-0.3, -0.25) is 14.4 Å².